The van der Waals surface area contributed by atoms with E-state index in [2.05, 4.69) is 17.0 Å². The molecule has 0 atom stereocenters. The largest absolute Gasteiger partial charge is 0.477 e. The van der Waals surface area contributed by atoms with Crippen molar-refractivity contribution < 1.29 is 9.90 Å². The summed E-state index contributed by atoms with van der Waals surface area (Å²) in [4.78, 5) is 11.1. The van der Waals surface area contributed by atoms with Crippen LogP contribution >= 0.6 is 11.8 Å². The molecule has 0 fully saturated rings. The molecular formula is C11H17N3O2S. The van der Waals surface area contributed by atoms with Crippen molar-refractivity contribution in [1.29, 1.82) is 0 Å². The van der Waals surface area contributed by atoms with E-state index in [0.29, 0.717) is 18.1 Å². The number of carbonyl (C=O) groups is 1. The molecule has 0 saturated carbocycles. The summed E-state index contributed by atoms with van der Waals surface area (Å²) in [7, 11) is 1.73. The summed E-state index contributed by atoms with van der Waals surface area (Å²) < 4.78 is 1.57. The van der Waals surface area contributed by atoms with Gasteiger partial charge in [-0.15, -0.1) is 6.58 Å². The van der Waals surface area contributed by atoms with Gasteiger partial charge in [-0.1, -0.05) is 6.08 Å². The van der Waals surface area contributed by atoms with Crippen LogP contribution in [0.5, 0.6) is 0 Å². The summed E-state index contributed by atoms with van der Waals surface area (Å²) in [5, 5.41) is 16.3. The highest BCUT2D eigenvalue weighted by Crippen LogP contribution is 2.18. The maximum absolute atomic E-state index is 11.1. The van der Waals surface area contributed by atoms with Gasteiger partial charge in [0.15, 0.2) is 0 Å². The van der Waals surface area contributed by atoms with E-state index < -0.39 is 5.97 Å². The molecule has 1 aromatic rings. The Morgan fingerprint density at radius 1 is 1.71 bits per heavy atom. The van der Waals surface area contributed by atoms with Crippen molar-refractivity contribution >= 4 is 23.5 Å². The summed E-state index contributed by atoms with van der Waals surface area (Å²) in [6.07, 6.45) is 1.85. The van der Waals surface area contributed by atoms with E-state index in [1.165, 1.54) is 0 Å². The monoisotopic (exact) mass is 255 g/mol. The number of hydrogen-bond donors (Lipinski definition) is 2. The van der Waals surface area contributed by atoms with Crippen molar-refractivity contribution in [3.05, 3.63) is 23.9 Å². The minimum Gasteiger partial charge on any atom is -0.477 e. The van der Waals surface area contributed by atoms with Gasteiger partial charge in [-0.25, -0.2) is 4.79 Å². The Hall–Kier alpha value is -1.43. The average molecular weight is 255 g/mol. The third-order valence-electron chi connectivity index (χ3n) is 2.21. The van der Waals surface area contributed by atoms with Gasteiger partial charge in [0.25, 0.3) is 0 Å². The van der Waals surface area contributed by atoms with E-state index in [1.807, 2.05) is 6.08 Å². The van der Waals surface area contributed by atoms with Gasteiger partial charge in [-0.05, 0) is 6.92 Å². The van der Waals surface area contributed by atoms with Gasteiger partial charge >= 0.3 is 5.97 Å². The van der Waals surface area contributed by atoms with Crippen molar-refractivity contribution in [1.82, 2.24) is 9.78 Å². The number of aromatic carboxylic acids is 1. The van der Waals surface area contributed by atoms with Crippen molar-refractivity contribution in [3.63, 3.8) is 0 Å². The maximum atomic E-state index is 11.1. The van der Waals surface area contributed by atoms with Gasteiger partial charge < -0.3 is 10.4 Å². The van der Waals surface area contributed by atoms with Gasteiger partial charge in [0.1, 0.15) is 11.4 Å². The quantitative estimate of drug-likeness (QED) is 0.574. The summed E-state index contributed by atoms with van der Waals surface area (Å²) in [6, 6.07) is 0. The van der Waals surface area contributed by atoms with Crippen LogP contribution in [-0.4, -0.2) is 38.9 Å². The molecule has 0 aliphatic carbocycles. The van der Waals surface area contributed by atoms with Crippen molar-refractivity contribution in [2.75, 3.05) is 23.4 Å². The zero-order valence-electron chi connectivity index (χ0n) is 10.1. The van der Waals surface area contributed by atoms with E-state index in [0.717, 1.165) is 11.5 Å². The molecule has 1 aromatic heterocycles. The van der Waals surface area contributed by atoms with Crippen molar-refractivity contribution in [2.45, 2.75) is 6.92 Å². The molecule has 0 aliphatic rings. The first-order valence-electron chi connectivity index (χ1n) is 5.27. The third-order valence-corrected chi connectivity index (χ3v) is 3.17. The van der Waals surface area contributed by atoms with E-state index in [1.54, 1.807) is 30.4 Å². The number of anilines is 1. The molecule has 0 spiro atoms. The van der Waals surface area contributed by atoms with Crippen LogP contribution in [0.15, 0.2) is 12.7 Å². The molecule has 2 N–H and O–H groups in total. The molecule has 0 amide bonds. The lowest BCUT2D eigenvalue weighted by molar-refractivity contribution is 0.0697. The molecule has 0 bridgehead atoms. The molecule has 0 unspecified atom stereocenters. The summed E-state index contributed by atoms with van der Waals surface area (Å²) in [5.74, 6) is 1.42. The molecule has 1 heterocycles. The molecule has 1 rings (SSSR count). The van der Waals surface area contributed by atoms with Gasteiger partial charge in [0, 0.05) is 25.1 Å². The van der Waals surface area contributed by atoms with Crippen LogP contribution in [0, 0.1) is 6.92 Å². The van der Waals surface area contributed by atoms with Crippen LogP contribution in [-0.2, 0) is 7.05 Å². The predicted octanol–water partition coefficient (Wildman–Crippen LogP) is 1.76. The third kappa shape index (κ3) is 3.52. The summed E-state index contributed by atoms with van der Waals surface area (Å²) in [5.41, 5.74) is 0.780. The molecule has 0 aromatic carbocycles. The van der Waals surface area contributed by atoms with Crippen LogP contribution in [0.25, 0.3) is 0 Å². The normalized spacial score (nSPS) is 10.2. The van der Waals surface area contributed by atoms with E-state index in [4.69, 9.17) is 5.11 Å². The Balaban J connectivity index is 2.63. The minimum atomic E-state index is -0.947. The molecule has 0 radical (unpaired) electrons. The van der Waals surface area contributed by atoms with Crippen LogP contribution in [0.2, 0.25) is 0 Å². The highest BCUT2D eigenvalue weighted by atomic mass is 32.2. The van der Waals surface area contributed by atoms with Crippen LogP contribution in [0.3, 0.4) is 0 Å². The fourth-order valence-corrected chi connectivity index (χ4v) is 2.11. The van der Waals surface area contributed by atoms with E-state index in [9.17, 15) is 4.79 Å². The number of aromatic nitrogens is 2. The Morgan fingerprint density at radius 3 is 3.00 bits per heavy atom. The summed E-state index contributed by atoms with van der Waals surface area (Å²) >= 11 is 1.74. The SMILES string of the molecule is C=CCSCCNc1c(C(=O)O)c(C)nn1C. The number of nitrogens with zero attached hydrogens (tertiary/aromatic N) is 2. The van der Waals surface area contributed by atoms with Crippen molar-refractivity contribution in [2.24, 2.45) is 7.05 Å². The number of aryl methyl sites for hydroxylation is 2. The zero-order valence-corrected chi connectivity index (χ0v) is 10.9. The van der Waals surface area contributed by atoms with E-state index >= 15 is 0 Å². The fourth-order valence-electron chi connectivity index (χ4n) is 1.53. The second kappa shape index (κ2) is 6.34. The summed E-state index contributed by atoms with van der Waals surface area (Å²) in [6.45, 7) is 6.04. The predicted molar refractivity (Wildman–Crippen MR) is 70.9 cm³/mol. The maximum Gasteiger partial charge on any atom is 0.341 e. The fraction of sp³-hybridized carbons (Fsp3) is 0.455. The van der Waals surface area contributed by atoms with Gasteiger partial charge in [0.2, 0.25) is 0 Å². The molecular weight excluding hydrogens is 238 g/mol. The molecule has 5 nitrogen and oxygen atoms in total. The minimum absolute atomic E-state index is 0.251. The first kappa shape index (κ1) is 13.6. The Morgan fingerprint density at radius 2 is 2.41 bits per heavy atom. The Kier molecular flexibility index (Phi) is 5.09. The smallest absolute Gasteiger partial charge is 0.341 e. The molecule has 94 valence electrons. The second-order valence-electron chi connectivity index (χ2n) is 3.53. The van der Waals surface area contributed by atoms with Gasteiger partial charge in [-0.2, -0.15) is 16.9 Å². The van der Waals surface area contributed by atoms with Crippen LogP contribution in [0.1, 0.15) is 16.1 Å². The molecule has 6 heteroatoms. The first-order chi connectivity index (χ1) is 8.07. The van der Waals surface area contributed by atoms with Crippen molar-refractivity contribution in [3.8, 4) is 0 Å². The lowest BCUT2D eigenvalue weighted by Crippen LogP contribution is -2.11. The Bertz CT molecular complexity index is 415. The Labute approximate surface area is 105 Å². The number of rotatable bonds is 7. The number of hydrogen-bond acceptors (Lipinski definition) is 4. The number of nitrogens with one attached hydrogen (secondary N) is 1. The van der Waals surface area contributed by atoms with E-state index in [-0.39, 0.29) is 5.56 Å². The lowest BCUT2D eigenvalue weighted by atomic mass is 10.2. The standard InChI is InChI=1S/C11H17N3O2S/c1-4-6-17-7-5-12-10-9(11(15)16)8(2)13-14(10)3/h4,12H,1,5-7H2,2-3H3,(H,15,16). The van der Waals surface area contributed by atoms with Gasteiger partial charge in [-0.3, -0.25) is 4.68 Å². The van der Waals surface area contributed by atoms with Gasteiger partial charge in [0.05, 0.1) is 5.69 Å². The van der Waals surface area contributed by atoms with Crippen LogP contribution in [0.4, 0.5) is 5.82 Å². The number of thioether (sulfide) groups is 1. The second-order valence-corrected chi connectivity index (χ2v) is 4.68. The molecule has 17 heavy (non-hydrogen) atoms. The topological polar surface area (TPSA) is 67.2 Å². The highest BCUT2D eigenvalue weighted by Gasteiger charge is 2.18. The number of carboxylic acid groups (broad SMARTS) is 1. The first-order valence-corrected chi connectivity index (χ1v) is 6.42. The average Bonchev–Trinajstić information content (AvgIpc) is 2.53. The zero-order chi connectivity index (χ0) is 12.8. The highest BCUT2D eigenvalue weighted by molar-refractivity contribution is 7.99. The molecule has 0 aliphatic heterocycles. The number of carboxylic acids is 1. The molecule has 0 saturated heterocycles. The van der Waals surface area contributed by atoms with Crippen LogP contribution < -0.4 is 5.32 Å². The lowest BCUT2D eigenvalue weighted by Gasteiger charge is -2.07.